The lowest BCUT2D eigenvalue weighted by Gasteiger charge is -2.30. The SMILES string of the molecule is Cc1ccc(S(=O)(=O)N2CCCOCCCN(S(=O)(=O)c3ccc(C)cc3)C2)cc1. The molecule has 9 heteroatoms. The van der Waals surface area contributed by atoms with Gasteiger partial charge in [-0.1, -0.05) is 35.4 Å². The molecule has 0 saturated carbocycles. The molecule has 1 aliphatic heterocycles. The zero-order valence-electron chi connectivity index (χ0n) is 17.3. The van der Waals surface area contributed by atoms with Crippen molar-refractivity contribution in [3.05, 3.63) is 59.7 Å². The normalized spacial score (nSPS) is 18.2. The van der Waals surface area contributed by atoms with E-state index in [1.165, 1.54) is 8.61 Å². The largest absolute Gasteiger partial charge is 0.381 e. The Hall–Kier alpha value is -1.78. The Morgan fingerprint density at radius 3 is 1.40 bits per heavy atom. The van der Waals surface area contributed by atoms with Crippen LogP contribution in [0.25, 0.3) is 0 Å². The van der Waals surface area contributed by atoms with Gasteiger partial charge in [-0.2, -0.15) is 8.61 Å². The Labute approximate surface area is 179 Å². The highest BCUT2D eigenvalue weighted by atomic mass is 32.2. The van der Waals surface area contributed by atoms with Crippen molar-refractivity contribution in [2.24, 2.45) is 0 Å². The quantitative estimate of drug-likeness (QED) is 0.712. The van der Waals surface area contributed by atoms with E-state index in [2.05, 4.69) is 0 Å². The number of hydrogen-bond donors (Lipinski definition) is 0. The summed E-state index contributed by atoms with van der Waals surface area (Å²) in [6.07, 6.45) is 0.979. The molecule has 1 heterocycles. The highest BCUT2D eigenvalue weighted by molar-refractivity contribution is 7.90. The fourth-order valence-electron chi connectivity index (χ4n) is 3.22. The van der Waals surface area contributed by atoms with Crippen LogP contribution in [0.15, 0.2) is 58.3 Å². The molecule has 0 aromatic heterocycles. The molecular weight excluding hydrogens is 424 g/mol. The van der Waals surface area contributed by atoms with Crippen molar-refractivity contribution in [3.63, 3.8) is 0 Å². The maximum atomic E-state index is 13.3. The number of sulfonamides is 2. The monoisotopic (exact) mass is 452 g/mol. The van der Waals surface area contributed by atoms with Crippen LogP contribution < -0.4 is 0 Å². The first-order chi connectivity index (χ1) is 14.2. The minimum Gasteiger partial charge on any atom is -0.381 e. The maximum absolute atomic E-state index is 13.3. The highest BCUT2D eigenvalue weighted by Gasteiger charge is 2.32. The number of hydrogen-bond acceptors (Lipinski definition) is 5. The second-order valence-corrected chi connectivity index (χ2v) is 11.3. The Bertz CT molecular complexity index is 964. The summed E-state index contributed by atoms with van der Waals surface area (Å²) >= 11 is 0. The van der Waals surface area contributed by atoms with Gasteiger partial charge in [-0.25, -0.2) is 16.8 Å². The summed E-state index contributed by atoms with van der Waals surface area (Å²) in [5.74, 6) is 0. The number of rotatable bonds is 4. The summed E-state index contributed by atoms with van der Waals surface area (Å²) < 4.78 is 61.1. The fourth-order valence-corrected chi connectivity index (χ4v) is 6.17. The molecule has 1 fully saturated rings. The zero-order chi connectivity index (χ0) is 21.8. The Balaban J connectivity index is 1.96. The molecular formula is C21H28N2O5S2. The first-order valence-corrected chi connectivity index (χ1v) is 12.8. The van der Waals surface area contributed by atoms with E-state index in [1.807, 2.05) is 13.8 Å². The lowest BCUT2D eigenvalue weighted by molar-refractivity contribution is 0.108. The highest BCUT2D eigenvalue weighted by Crippen LogP contribution is 2.22. The lowest BCUT2D eigenvalue weighted by atomic mass is 10.2. The van der Waals surface area contributed by atoms with Gasteiger partial charge in [0.1, 0.15) is 0 Å². The van der Waals surface area contributed by atoms with Crippen molar-refractivity contribution in [3.8, 4) is 0 Å². The molecule has 3 rings (SSSR count). The van der Waals surface area contributed by atoms with E-state index in [-0.39, 0.29) is 29.5 Å². The Morgan fingerprint density at radius 2 is 1.03 bits per heavy atom. The molecule has 0 bridgehead atoms. The minimum atomic E-state index is -3.86. The van der Waals surface area contributed by atoms with Crippen LogP contribution in [0.4, 0.5) is 0 Å². The van der Waals surface area contributed by atoms with Gasteiger partial charge in [0.05, 0.1) is 16.5 Å². The van der Waals surface area contributed by atoms with Crippen LogP contribution in [-0.2, 0) is 24.8 Å². The van der Waals surface area contributed by atoms with Gasteiger partial charge in [-0.15, -0.1) is 0 Å². The standard InChI is InChI=1S/C21H28N2O5S2/c1-18-5-9-20(10-6-18)29(24,25)22-13-3-15-28-16-4-14-23(17-22)30(26,27)21-11-7-19(2)8-12-21/h5-12H,3-4,13-17H2,1-2H3. The van der Waals surface area contributed by atoms with Gasteiger partial charge in [0.25, 0.3) is 0 Å². The average molecular weight is 453 g/mol. The third-order valence-electron chi connectivity index (χ3n) is 5.03. The van der Waals surface area contributed by atoms with Crippen LogP contribution in [-0.4, -0.2) is 58.4 Å². The summed E-state index contributed by atoms with van der Waals surface area (Å²) in [7, 11) is -7.71. The minimum absolute atomic E-state index is 0.152. The maximum Gasteiger partial charge on any atom is 0.244 e. The number of ether oxygens (including phenoxy) is 1. The van der Waals surface area contributed by atoms with Crippen molar-refractivity contribution in [2.45, 2.75) is 36.5 Å². The summed E-state index contributed by atoms with van der Waals surface area (Å²) in [5.41, 5.74) is 1.90. The van der Waals surface area contributed by atoms with Crippen molar-refractivity contribution >= 4 is 20.0 Å². The molecule has 0 radical (unpaired) electrons. The molecule has 0 aliphatic carbocycles. The second kappa shape index (κ2) is 9.57. The van der Waals surface area contributed by atoms with Crippen LogP contribution in [0, 0.1) is 13.8 Å². The van der Waals surface area contributed by atoms with Gasteiger partial charge < -0.3 is 4.74 Å². The lowest BCUT2D eigenvalue weighted by Crippen LogP contribution is -2.45. The second-order valence-electron chi connectivity index (χ2n) is 7.45. The van der Waals surface area contributed by atoms with Crippen LogP contribution in [0.5, 0.6) is 0 Å². The first kappa shape index (κ1) is 22.9. The Kier molecular flexibility index (Phi) is 7.30. The summed E-state index contributed by atoms with van der Waals surface area (Å²) in [6.45, 7) is 4.76. The Morgan fingerprint density at radius 1 is 0.667 bits per heavy atom. The van der Waals surface area contributed by atoms with Crippen LogP contribution in [0.3, 0.4) is 0 Å². The molecule has 164 valence electrons. The third kappa shape index (κ3) is 5.28. The number of nitrogens with zero attached hydrogens (tertiary/aromatic N) is 2. The first-order valence-electron chi connectivity index (χ1n) is 9.93. The molecule has 1 saturated heterocycles. The van der Waals surface area contributed by atoms with E-state index in [1.54, 1.807) is 48.5 Å². The molecule has 0 amide bonds. The van der Waals surface area contributed by atoms with Crippen molar-refractivity contribution < 1.29 is 21.6 Å². The van der Waals surface area contributed by atoms with Gasteiger partial charge >= 0.3 is 0 Å². The molecule has 0 unspecified atom stereocenters. The molecule has 0 N–H and O–H groups in total. The molecule has 2 aromatic carbocycles. The van der Waals surface area contributed by atoms with E-state index in [0.717, 1.165) is 11.1 Å². The molecule has 0 spiro atoms. The third-order valence-corrected chi connectivity index (χ3v) is 8.72. The van der Waals surface area contributed by atoms with E-state index in [0.29, 0.717) is 26.1 Å². The molecule has 2 aromatic rings. The summed E-state index contributed by atoms with van der Waals surface area (Å²) in [4.78, 5) is 0.303. The molecule has 7 nitrogen and oxygen atoms in total. The van der Waals surface area contributed by atoms with Crippen LogP contribution >= 0.6 is 0 Å². The van der Waals surface area contributed by atoms with Gasteiger partial charge in [0.2, 0.25) is 20.0 Å². The van der Waals surface area contributed by atoms with E-state index in [9.17, 15) is 16.8 Å². The van der Waals surface area contributed by atoms with Crippen molar-refractivity contribution in [1.82, 2.24) is 8.61 Å². The average Bonchev–Trinajstić information content (AvgIpc) is 2.72. The predicted octanol–water partition coefficient (Wildman–Crippen LogP) is 2.75. The van der Waals surface area contributed by atoms with Crippen molar-refractivity contribution in [1.29, 1.82) is 0 Å². The topological polar surface area (TPSA) is 84.0 Å². The summed E-state index contributed by atoms with van der Waals surface area (Å²) in [6, 6.07) is 13.2. The van der Waals surface area contributed by atoms with E-state index >= 15 is 0 Å². The van der Waals surface area contributed by atoms with Gasteiger partial charge in [0.15, 0.2) is 0 Å². The van der Waals surface area contributed by atoms with Crippen LogP contribution in [0.2, 0.25) is 0 Å². The fraction of sp³-hybridized carbons (Fsp3) is 0.429. The van der Waals surface area contributed by atoms with Gasteiger partial charge in [0, 0.05) is 26.3 Å². The predicted molar refractivity (Wildman–Crippen MR) is 115 cm³/mol. The van der Waals surface area contributed by atoms with Crippen LogP contribution in [0.1, 0.15) is 24.0 Å². The smallest absolute Gasteiger partial charge is 0.244 e. The van der Waals surface area contributed by atoms with Gasteiger partial charge in [-0.05, 0) is 51.0 Å². The molecule has 0 atom stereocenters. The number of aryl methyl sites for hydroxylation is 2. The van der Waals surface area contributed by atoms with E-state index in [4.69, 9.17) is 4.74 Å². The molecule has 30 heavy (non-hydrogen) atoms. The zero-order valence-corrected chi connectivity index (χ0v) is 19.0. The molecule has 1 aliphatic rings. The summed E-state index contributed by atoms with van der Waals surface area (Å²) in [5, 5.41) is 0. The number of benzene rings is 2. The van der Waals surface area contributed by atoms with Crippen molar-refractivity contribution in [2.75, 3.05) is 33.0 Å². The van der Waals surface area contributed by atoms with Gasteiger partial charge in [-0.3, -0.25) is 0 Å². The van der Waals surface area contributed by atoms with E-state index < -0.39 is 20.0 Å².